The molecule has 1 saturated carbocycles. The molecule has 20 heteroatoms. The van der Waals surface area contributed by atoms with Crippen LogP contribution >= 0.6 is 23.2 Å². The number of rotatable bonds is 12. The van der Waals surface area contributed by atoms with Crippen LogP contribution in [0, 0.1) is 11.8 Å². The molecule has 1 aromatic carbocycles. The molecule has 1 aliphatic heterocycles. The van der Waals surface area contributed by atoms with E-state index in [4.69, 9.17) is 28.9 Å². The van der Waals surface area contributed by atoms with Gasteiger partial charge in [0.1, 0.15) is 35.7 Å². The number of nitrogens with zero attached hydrogens (tertiary/aromatic N) is 2. The molecule has 3 rings (SSSR count). The molecule has 0 bridgehead atoms. The zero-order chi connectivity index (χ0) is 44.6. The molecule has 0 aromatic heterocycles. The van der Waals surface area contributed by atoms with Gasteiger partial charge in [0.05, 0.1) is 0 Å². The Labute approximate surface area is 352 Å². The van der Waals surface area contributed by atoms with Gasteiger partial charge in [0.15, 0.2) is 6.04 Å². The second-order valence-electron chi connectivity index (χ2n) is 16.2. The molecule has 0 unspecified atom stereocenters. The van der Waals surface area contributed by atoms with Crippen molar-refractivity contribution in [1.29, 1.82) is 0 Å². The summed E-state index contributed by atoms with van der Waals surface area (Å²) in [5, 5.41) is 13.6. The zero-order valence-electron chi connectivity index (χ0n) is 34.4. The van der Waals surface area contributed by atoms with E-state index in [0.29, 0.717) is 36.3 Å². The number of carbonyl (C=O) groups is 7. The van der Waals surface area contributed by atoms with Gasteiger partial charge in [0.2, 0.25) is 41.4 Å². The maximum absolute atomic E-state index is 14.4. The number of benzene rings is 1. The molecule has 330 valence electrons. The van der Waals surface area contributed by atoms with Crippen LogP contribution < -0.4 is 32.3 Å². The summed E-state index contributed by atoms with van der Waals surface area (Å²) in [4.78, 5) is 98.2. The van der Waals surface area contributed by atoms with Crippen LogP contribution in [-0.4, -0.2) is 120 Å². The van der Waals surface area contributed by atoms with Crippen LogP contribution in [0.15, 0.2) is 18.2 Å². The third kappa shape index (κ3) is 13.7. The van der Waals surface area contributed by atoms with E-state index in [2.05, 4.69) is 21.3 Å². The highest BCUT2D eigenvalue weighted by Crippen LogP contribution is 2.34. The van der Waals surface area contributed by atoms with Gasteiger partial charge >= 0.3 is 6.18 Å². The lowest BCUT2D eigenvalue weighted by Gasteiger charge is -2.36. The molecule has 1 aliphatic carbocycles. The number of nitrogens with one attached hydrogen (secondary N) is 5. The lowest BCUT2D eigenvalue weighted by atomic mass is 9.97. The van der Waals surface area contributed by atoms with Crippen LogP contribution in [0.5, 0.6) is 0 Å². The minimum atomic E-state index is -5.04. The second kappa shape index (κ2) is 20.9. The Morgan fingerprint density at radius 2 is 1.66 bits per heavy atom. The zero-order valence-corrected chi connectivity index (χ0v) is 35.9. The minimum Gasteiger partial charge on any atom is -0.354 e. The van der Waals surface area contributed by atoms with Gasteiger partial charge in [-0.05, 0) is 94.4 Å². The molecule has 2 aliphatic rings. The Balaban J connectivity index is 1.97. The van der Waals surface area contributed by atoms with Crippen LogP contribution in [-0.2, 0) is 40.0 Å². The molecule has 1 heterocycles. The van der Waals surface area contributed by atoms with Crippen LogP contribution in [0.25, 0.3) is 0 Å². The van der Waals surface area contributed by atoms with Crippen LogP contribution in [0.1, 0.15) is 85.1 Å². The van der Waals surface area contributed by atoms with Crippen molar-refractivity contribution in [2.75, 3.05) is 20.6 Å². The van der Waals surface area contributed by atoms with E-state index in [1.54, 1.807) is 18.2 Å². The summed E-state index contributed by atoms with van der Waals surface area (Å²) < 4.78 is 39.2. The van der Waals surface area contributed by atoms with Crippen molar-refractivity contribution in [3.8, 4) is 0 Å². The average Bonchev–Trinajstić information content (AvgIpc) is 4.00. The number of likely N-dealkylation sites (N-methyl/N-ethyl adjacent to an activating group) is 2. The molecule has 7 N–H and O–H groups in total. The Morgan fingerprint density at radius 3 is 2.24 bits per heavy atom. The third-order valence-electron chi connectivity index (χ3n) is 10.5. The first-order valence-electron chi connectivity index (χ1n) is 19.7. The van der Waals surface area contributed by atoms with E-state index in [-0.39, 0.29) is 49.1 Å². The third-order valence-corrected chi connectivity index (χ3v) is 11.1. The molecule has 0 radical (unpaired) electrons. The predicted octanol–water partition coefficient (Wildman–Crippen LogP) is 2.59. The van der Waals surface area contributed by atoms with Crippen molar-refractivity contribution < 1.29 is 46.7 Å². The Morgan fingerprint density at radius 1 is 1.02 bits per heavy atom. The van der Waals surface area contributed by atoms with Gasteiger partial charge in [-0.1, -0.05) is 44.0 Å². The highest BCUT2D eigenvalue weighted by atomic mass is 35.5. The predicted molar refractivity (Wildman–Crippen MR) is 215 cm³/mol. The number of alkyl halides is 3. The van der Waals surface area contributed by atoms with Gasteiger partial charge in [0, 0.05) is 37.1 Å². The molecule has 1 aromatic rings. The van der Waals surface area contributed by atoms with E-state index < -0.39 is 89.3 Å². The molecular formula is C39H57Cl2F3N8O7. The molecule has 59 heavy (non-hydrogen) atoms. The first kappa shape index (κ1) is 49.2. The number of amides is 7. The number of nitrogens with two attached hydrogens (primary N) is 1. The normalized spacial score (nSPS) is 22.7. The maximum Gasteiger partial charge on any atom is 0.412 e. The molecular weight excluding hydrogens is 820 g/mol. The van der Waals surface area contributed by atoms with Crippen molar-refractivity contribution >= 4 is 64.6 Å². The first-order valence-corrected chi connectivity index (χ1v) is 20.5. The smallest absolute Gasteiger partial charge is 0.354 e. The van der Waals surface area contributed by atoms with Crippen molar-refractivity contribution in [2.45, 2.75) is 134 Å². The first-order chi connectivity index (χ1) is 27.4. The van der Waals surface area contributed by atoms with E-state index in [9.17, 15) is 46.7 Å². The maximum atomic E-state index is 14.4. The van der Waals surface area contributed by atoms with Gasteiger partial charge in [0.25, 0.3) is 0 Å². The summed E-state index contributed by atoms with van der Waals surface area (Å²) >= 11 is 12.7. The molecule has 15 nitrogen and oxygen atoms in total. The highest BCUT2D eigenvalue weighted by molar-refractivity contribution is 6.33. The number of halogens is 5. The van der Waals surface area contributed by atoms with Gasteiger partial charge in [-0.2, -0.15) is 13.2 Å². The number of hydrogen-bond acceptors (Lipinski definition) is 8. The highest BCUT2D eigenvalue weighted by Gasteiger charge is 2.45. The minimum absolute atomic E-state index is 0.0761. The fraction of sp³-hybridized carbons (Fsp3) is 0.667. The Bertz CT molecular complexity index is 1730. The van der Waals surface area contributed by atoms with E-state index in [1.165, 1.54) is 44.7 Å². The summed E-state index contributed by atoms with van der Waals surface area (Å²) in [6.07, 6.45) is -3.30. The van der Waals surface area contributed by atoms with Gasteiger partial charge < -0.3 is 42.1 Å². The molecule has 7 amide bonds. The molecule has 2 fully saturated rings. The summed E-state index contributed by atoms with van der Waals surface area (Å²) in [6.45, 7) is 8.35. The molecule has 6 atom stereocenters. The number of carbonyl (C=O) groups excluding carboxylic acids is 7. The Kier molecular flexibility index (Phi) is 17.4. The standard InChI is InChI=1S/C39H57Cl2F3N8O7/c1-8-25(47-34(56)30(45)39(42,43)44)31(53)49-29(21-12-13-21)36(58)51(6)27-11-9-10-16-46-37(59)38(4,5)50-33(55)28(19-22-18-23(40)14-15-24(22)41)52(7)35(57)26(17-20(2)3)48-32(27)54/h14-15,18,20-21,25-30H,8-13,16-17,19,45H2,1-7H3,(H,46,59)(H,47,56)(H,48,54)(H,49,53)(H,50,55)/t25-,26-,27-,28-,29-,30+/m0/s1. The Hall–Kier alpha value is -4.16. The summed E-state index contributed by atoms with van der Waals surface area (Å²) in [6, 6.07) is -4.41. The van der Waals surface area contributed by atoms with E-state index in [0.717, 1.165) is 0 Å². The molecule has 1 saturated heterocycles. The topological polar surface area (TPSA) is 212 Å². The monoisotopic (exact) mass is 876 g/mol. The van der Waals surface area contributed by atoms with Crippen LogP contribution in [0.2, 0.25) is 10.0 Å². The van der Waals surface area contributed by atoms with E-state index in [1.807, 2.05) is 19.2 Å². The van der Waals surface area contributed by atoms with Crippen molar-refractivity contribution in [2.24, 2.45) is 17.6 Å². The lowest BCUT2D eigenvalue weighted by molar-refractivity contribution is -0.164. The summed E-state index contributed by atoms with van der Waals surface area (Å²) in [5.41, 5.74) is 4.06. The lowest BCUT2D eigenvalue weighted by Crippen LogP contribution is -2.62. The van der Waals surface area contributed by atoms with Crippen LogP contribution in [0.4, 0.5) is 13.2 Å². The number of hydrogen-bond donors (Lipinski definition) is 6. The van der Waals surface area contributed by atoms with Crippen molar-refractivity contribution in [3.63, 3.8) is 0 Å². The average molecular weight is 878 g/mol. The fourth-order valence-corrected chi connectivity index (χ4v) is 7.10. The van der Waals surface area contributed by atoms with Gasteiger partial charge in [-0.15, -0.1) is 0 Å². The SMILES string of the molecule is CC[C@H](NC(=O)[C@@H](N)C(F)(F)F)C(=O)N[C@H](C(=O)N(C)[C@H]1CCCCNC(=O)C(C)(C)NC(=O)[C@H](Cc2cc(Cl)ccc2Cl)N(C)C(=O)[C@H](CC(C)C)NC1=O)C1CC1. The molecule has 0 spiro atoms. The fourth-order valence-electron chi connectivity index (χ4n) is 6.71. The van der Waals surface area contributed by atoms with Gasteiger partial charge in [-0.25, -0.2) is 0 Å². The summed E-state index contributed by atoms with van der Waals surface area (Å²) in [5.74, 6) is -6.16. The van der Waals surface area contributed by atoms with Crippen molar-refractivity contribution in [3.05, 3.63) is 33.8 Å². The van der Waals surface area contributed by atoms with Gasteiger partial charge in [-0.3, -0.25) is 33.6 Å². The van der Waals surface area contributed by atoms with Crippen LogP contribution in [0.3, 0.4) is 0 Å². The second-order valence-corrected chi connectivity index (χ2v) is 17.1. The summed E-state index contributed by atoms with van der Waals surface area (Å²) in [7, 11) is 2.78. The van der Waals surface area contributed by atoms with Crippen molar-refractivity contribution in [1.82, 2.24) is 36.4 Å². The van der Waals surface area contributed by atoms with E-state index >= 15 is 0 Å². The quantitative estimate of drug-likeness (QED) is 0.183. The largest absolute Gasteiger partial charge is 0.412 e.